The van der Waals surface area contributed by atoms with Gasteiger partial charge in [0.1, 0.15) is 0 Å². The molecular formula is C17H24IN3O. The Kier molecular flexibility index (Phi) is 3.55. The average molecular weight is 413 g/mol. The van der Waals surface area contributed by atoms with Gasteiger partial charge in [-0.05, 0) is 91.2 Å². The number of nitrogens with zero attached hydrogens (tertiary/aromatic N) is 2. The summed E-state index contributed by atoms with van der Waals surface area (Å²) in [6.07, 6.45) is 10.2. The number of carbonyl (C=O) groups excluding carboxylic acids is 1. The van der Waals surface area contributed by atoms with Gasteiger partial charge in [-0.25, -0.2) is 0 Å². The van der Waals surface area contributed by atoms with E-state index in [9.17, 15) is 4.79 Å². The van der Waals surface area contributed by atoms with E-state index < -0.39 is 0 Å². The summed E-state index contributed by atoms with van der Waals surface area (Å²) in [6.45, 7) is 2.22. The minimum Gasteiger partial charge on any atom is -0.348 e. The molecule has 1 amide bonds. The zero-order valence-electron chi connectivity index (χ0n) is 13.3. The predicted molar refractivity (Wildman–Crippen MR) is 93.5 cm³/mol. The van der Waals surface area contributed by atoms with Crippen LogP contribution in [0.25, 0.3) is 0 Å². The quantitative estimate of drug-likeness (QED) is 0.773. The van der Waals surface area contributed by atoms with E-state index in [1.165, 1.54) is 38.5 Å². The minimum atomic E-state index is -0.00625. The Morgan fingerprint density at radius 3 is 2.32 bits per heavy atom. The van der Waals surface area contributed by atoms with Gasteiger partial charge in [0.05, 0.1) is 3.57 Å². The van der Waals surface area contributed by atoms with Crippen molar-refractivity contribution in [3.8, 4) is 0 Å². The van der Waals surface area contributed by atoms with Crippen LogP contribution in [0.2, 0.25) is 0 Å². The second-order valence-corrected chi connectivity index (χ2v) is 9.14. The highest BCUT2D eigenvalue weighted by Crippen LogP contribution is 2.61. The molecule has 0 aliphatic heterocycles. The summed E-state index contributed by atoms with van der Waals surface area (Å²) >= 11 is 2.19. The number of hydrogen-bond acceptors (Lipinski definition) is 2. The van der Waals surface area contributed by atoms with E-state index in [-0.39, 0.29) is 11.9 Å². The van der Waals surface area contributed by atoms with Gasteiger partial charge < -0.3 is 5.32 Å². The van der Waals surface area contributed by atoms with Gasteiger partial charge in [-0.15, -0.1) is 0 Å². The molecule has 22 heavy (non-hydrogen) atoms. The van der Waals surface area contributed by atoms with Crippen LogP contribution in [0.15, 0.2) is 6.20 Å². The monoisotopic (exact) mass is 413 g/mol. The highest BCUT2D eigenvalue weighted by molar-refractivity contribution is 14.1. The van der Waals surface area contributed by atoms with Crippen molar-refractivity contribution < 1.29 is 4.79 Å². The largest absolute Gasteiger partial charge is 0.348 e. The Morgan fingerprint density at radius 2 is 1.86 bits per heavy atom. The van der Waals surface area contributed by atoms with Gasteiger partial charge in [0.2, 0.25) is 0 Å². The lowest BCUT2D eigenvalue weighted by molar-refractivity contribution is -0.0688. The molecular weight excluding hydrogens is 389 g/mol. The van der Waals surface area contributed by atoms with Gasteiger partial charge in [-0.3, -0.25) is 9.48 Å². The third kappa shape index (κ3) is 2.39. The van der Waals surface area contributed by atoms with Crippen LogP contribution < -0.4 is 5.32 Å². The topological polar surface area (TPSA) is 46.9 Å². The highest BCUT2D eigenvalue weighted by atomic mass is 127. The van der Waals surface area contributed by atoms with Crippen molar-refractivity contribution in [1.82, 2.24) is 15.1 Å². The Labute approximate surface area is 145 Å². The van der Waals surface area contributed by atoms with Crippen LogP contribution in [0.5, 0.6) is 0 Å². The summed E-state index contributed by atoms with van der Waals surface area (Å²) in [5.41, 5.74) is 0.921. The molecule has 4 aliphatic carbocycles. The van der Waals surface area contributed by atoms with E-state index in [0.717, 1.165) is 21.3 Å². The SMILES string of the molecule is C[C@H](NC(=O)c1nn(C)cc1I)C12CC3CC(CC(C3)C1)C2. The summed E-state index contributed by atoms with van der Waals surface area (Å²) in [7, 11) is 1.86. The first-order valence-corrected chi connectivity index (χ1v) is 9.53. The van der Waals surface area contributed by atoms with E-state index in [4.69, 9.17) is 0 Å². The molecule has 0 radical (unpaired) electrons. The lowest BCUT2D eigenvalue weighted by Gasteiger charge is -2.59. The maximum atomic E-state index is 12.6. The van der Waals surface area contributed by atoms with Crippen LogP contribution in [0, 0.1) is 26.7 Å². The number of aryl methyl sites for hydroxylation is 1. The van der Waals surface area contributed by atoms with Crippen molar-refractivity contribution in [3.05, 3.63) is 15.5 Å². The number of rotatable bonds is 3. The molecule has 4 aliphatic rings. The van der Waals surface area contributed by atoms with Crippen molar-refractivity contribution >= 4 is 28.5 Å². The van der Waals surface area contributed by atoms with Crippen LogP contribution in [-0.2, 0) is 7.05 Å². The number of aromatic nitrogens is 2. The summed E-state index contributed by atoms with van der Waals surface area (Å²) in [5, 5.41) is 7.59. The molecule has 1 atom stereocenters. The second-order valence-electron chi connectivity index (χ2n) is 7.97. The zero-order valence-corrected chi connectivity index (χ0v) is 15.5. The van der Waals surface area contributed by atoms with E-state index in [0.29, 0.717) is 11.1 Å². The number of carbonyl (C=O) groups is 1. The fourth-order valence-electron chi connectivity index (χ4n) is 5.74. The lowest BCUT2D eigenvalue weighted by atomic mass is 9.48. The van der Waals surface area contributed by atoms with Gasteiger partial charge >= 0.3 is 0 Å². The molecule has 4 saturated carbocycles. The maximum Gasteiger partial charge on any atom is 0.273 e. The molecule has 5 rings (SSSR count). The predicted octanol–water partition coefficient (Wildman–Crippen LogP) is 3.36. The van der Waals surface area contributed by atoms with Gasteiger partial charge in [0.15, 0.2) is 5.69 Å². The van der Waals surface area contributed by atoms with Crippen LogP contribution in [-0.4, -0.2) is 21.7 Å². The minimum absolute atomic E-state index is 0.00625. The van der Waals surface area contributed by atoms with Crippen LogP contribution >= 0.6 is 22.6 Å². The molecule has 0 unspecified atom stereocenters. The maximum absolute atomic E-state index is 12.6. The first-order valence-electron chi connectivity index (χ1n) is 8.45. The molecule has 1 aromatic rings. The van der Waals surface area contributed by atoms with Gasteiger partial charge in [-0.1, -0.05) is 0 Å². The van der Waals surface area contributed by atoms with Crippen molar-refractivity contribution in [2.75, 3.05) is 0 Å². The van der Waals surface area contributed by atoms with Crippen molar-refractivity contribution in [2.24, 2.45) is 30.2 Å². The van der Waals surface area contributed by atoms with Crippen molar-refractivity contribution in [2.45, 2.75) is 51.5 Å². The molecule has 4 fully saturated rings. The average Bonchev–Trinajstić information content (AvgIpc) is 2.76. The first kappa shape index (κ1) is 15.0. The summed E-state index contributed by atoms with van der Waals surface area (Å²) in [5.74, 6) is 2.75. The lowest BCUT2D eigenvalue weighted by Crippen LogP contribution is -2.55. The fraction of sp³-hybridized carbons (Fsp3) is 0.765. The molecule has 1 N–H and O–H groups in total. The molecule has 1 heterocycles. The smallest absolute Gasteiger partial charge is 0.273 e. The van der Waals surface area contributed by atoms with Crippen LogP contribution in [0.4, 0.5) is 0 Å². The molecule has 0 saturated heterocycles. The molecule has 120 valence electrons. The third-order valence-corrected chi connectivity index (χ3v) is 7.14. The number of halogens is 1. The third-order valence-electron chi connectivity index (χ3n) is 6.35. The molecule has 4 nitrogen and oxygen atoms in total. The standard InChI is InChI=1S/C17H24IN3O/c1-10(19-16(22)15-14(18)9-21(2)20-15)17-6-11-3-12(7-17)5-13(4-11)8-17/h9-13H,3-8H2,1-2H3,(H,19,22)/t10-,11?,12?,13?,17?/m0/s1. The Morgan fingerprint density at radius 1 is 1.32 bits per heavy atom. The van der Waals surface area contributed by atoms with Crippen LogP contribution in [0.1, 0.15) is 55.9 Å². The number of amides is 1. The molecule has 0 spiro atoms. The fourth-order valence-corrected chi connectivity index (χ4v) is 6.50. The van der Waals surface area contributed by atoms with E-state index in [1.807, 2.05) is 13.2 Å². The molecule has 1 aromatic heterocycles. The summed E-state index contributed by atoms with van der Waals surface area (Å²) < 4.78 is 2.64. The van der Waals surface area contributed by atoms with Crippen LogP contribution in [0.3, 0.4) is 0 Å². The van der Waals surface area contributed by atoms with E-state index in [1.54, 1.807) is 4.68 Å². The van der Waals surface area contributed by atoms with Gasteiger partial charge in [0.25, 0.3) is 5.91 Å². The van der Waals surface area contributed by atoms with E-state index >= 15 is 0 Å². The zero-order chi connectivity index (χ0) is 15.5. The highest BCUT2D eigenvalue weighted by Gasteiger charge is 2.53. The van der Waals surface area contributed by atoms with Crippen molar-refractivity contribution in [3.63, 3.8) is 0 Å². The number of hydrogen-bond donors (Lipinski definition) is 1. The number of nitrogens with one attached hydrogen (secondary N) is 1. The Balaban J connectivity index is 1.51. The Bertz CT molecular complexity index is 574. The summed E-state index contributed by atoms with van der Waals surface area (Å²) in [4.78, 5) is 12.6. The molecule has 0 aromatic carbocycles. The second kappa shape index (κ2) is 5.21. The molecule has 4 bridgehead atoms. The first-order chi connectivity index (χ1) is 10.4. The summed E-state index contributed by atoms with van der Waals surface area (Å²) in [6, 6.07) is 0.256. The van der Waals surface area contributed by atoms with E-state index in [2.05, 4.69) is 39.9 Å². The van der Waals surface area contributed by atoms with Gasteiger partial charge in [0, 0.05) is 19.3 Å². The normalized spacial score (nSPS) is 37.3. The van der Waals surface area contributed by atoms with Crippen molar-refractivity contribution in [1.29, 1.82) is 0 Å². The molecule has 5 heteroatoms. The Hall–Kier alpha value is -0.590. The van der Waals surface area contributed by atoms with Gasteiger partial charge in [-0.2, -0.15) is 5.10 Å².